The van der Waals surface area contributed by atoms with Crippen LogP contribution in [0.4, 0.5) is 4.39 Å². The molecule has 2 amide bonds. The molecule has 0 radical (unpaired) electrons. The number of benzene rings is 1. The maximum Gasteiger partial charge on any atom is 0.267 e. The molecule has 0 atom stereocenters. The first-order valence-electron chi connectivity index (χ1n) is 7.48. The lowest BCUT2D eigenvalue weighted by molar-refractivity contribution is -0.127. The zero-order valence-corrected chi connectivity index (χ0v) is 12.2. The van der Waals surface area contributed by atoms with Crippen LogP contribution < -0.4 is 5.32 Å². The number of hydrogen-bond acceptors (Lipinski definition) is 2. The Bertz CT molecular complexity index is 710. The average molecular weight is 303 g/mol. The Morgan fingerprint density at radius 2 is 2.23 bits per heavy atom. The Kier molecular flexibility index (Phi) is 4.09. The van der Waals surface area contributed by atoms with E-state index < -0.39 is 0 Å². The second kappa shape index (κ2) is 6.17. The van der Waals surface area contributed by atoms with Gasteiger partial charge in [-0.25, -0.2) is 4.39 Å². The summed E-state index contributed by atoms with van der Waals surface area (Å²) in [5.41, 5.74) is 1.15. The van der Waals surface area contributed by atoms with Crippen LogP contribution in [0.5, 0.6) is 0 Å². The van der Waals surface area contributed by atoms with Crippen molar-refractivity contribution < 1.29 is 14.0 Å². The molecule has 116 valence electrons. The van der Waals surface area contributed by atoms with Gasteiger partial charge in [-0.2, -0.15) is 0 Å². The number of carbonyl (C=O) groups excluding carboxylic acids is 2. The molecule has 6 heteroatoms. The van der Waals surface area contributed by atoms with E-state index in [1.165, 1.54) is 12.1 Å². The second-order valence-corrected chi connectivity index (χ2v) is 5.51. The summed E-state index contributed by atoms with van der Waals surface area (Å²) in [4.78, 5) is 28.3. The third kappa shape index (κ3) is 3.10. The summed E-state index contributed by atoms with van der Waals surface area (Å²) in [7, 11) is 0. The summed E-state index contributed by atoms with van der Waals surface area (Å²) >= 11 is 0. The van der Waals surface area contributed by atoms with E-state index in [1.54, 1.807) is 12.1 Å². The number of likely N-dealkylation sites (tertiary alicyclic amines) is 1. The number of aromatic amines is 1. The fourth-order valence-corrected chi connectivity index (χ4v) is 2.73. The van der Waals surface area contributed by atoms with Crippen molar-refractivity contribution in [3.8, 4) is 0 Å². The monoisotopic (exact) mass is 303 g/mol. The van der Waals surface area contributed by atoms with Gasteiger partial charge >= 0.3 is 0 Å². The molecule has 3 rings (SSSR count). The number of halogens is 1. The van der Waals surface area contributed by atoms with Gasteiger partial charge in [-0.3, -0.25) is 9.59 Å². The minimum absolute atomic E-state index is 0.198. The number of nitrogens with one attached hydrogen (secondary N) is 2. The van der Waals surface area contributed by atoms with Gasteiger partial charge in [-0.1, -0.05) is 0 Å². The second-order valence-electron chi connectivity index (χ2n) is 5.51. The van der Waals surface area contributed by atoms with Gasteiger partial charge in [0.1, 0.15) is 11.5 Å². The zero-order chi connectivity index (χ0) is 15.5. The highest BCUT2D eigenvalue weighted by Crippen LogP contribution is 2.16. The maximum atomic E-state index is 13.1. The first kappa shape index (κ1) is 14.6. The molecule has 2 N–H and O–H groups in total. The van der Waals surface area contributed by atoms with Gasteiger partial charge in [0.15, 0.2) is 0 Å². The fourth-order valence-electron chi connectivity index (χ4n) is 2.73. The lowest BCUT2D eigenvalue weighted by atomic mass is 10.2. The minimum Gasteiger partial charge on any atom is -0.351 e. The molecule has 1 aliphatic heterocycles. The number of carbonyl (C=O) groups is 2. The molecular formula is C16H18FN3O2. The van der Waals surface area contributed by atoms with Gasteiger partial charge in [0.2, 0.25) is 5.91 Å². The van der Waals surface area contributed by atoms with E-state index in [9.17, 15) is 14.0 Å². The Morgan fingerprint density at radius 3 is 3.00 bits per heavy atom. The molecule has 0 bridgehead atoms. The molecule has 1 aromatic carbocycles. The van der Waals surface area contributed by atoms with Crippen LogP contribution in [0, 0.1) is 5.82 Å². The number of H-pyrrole nitrogens is 1. The van der Waals surface area contributed by atoms with Crippen LogP contribution in [0.2, 0.25) is 0 Å². The number of aromatic nitrogens is 1. The molecule has 1 saturated heterocycles. The molecule has 22 heavy (non-hydrogen) atoms. The van der Waals surface area contributed by atoms with Gasteiger partial charge in [-0.15, -0.1) is 0 Å². The SMILES string of the molecule is O=C(NCCCN1CCCC1=O)c1cc2cc(F)ccc2[nH]1. The van der Waals surface area contributed by atoms with Crippen LogP contribution in [0.25, 0.3) is 10.9 Å². The fraction of sp³-hybridized carbons (Fsp3) is 0.375. The normalized spacial score (nSPS) is 14.8. The van der Waals surface area contributed by atoms with E-state index in [1.807, 2.05) is 4.90 Å². The van der Waals surface area contributed by atoms with Crippen LogP contribution in [-0.2, 0) is 4.79 Å². The quantitative estimate of drug-likeness (QED) is 0.830. The van der Waals surface area contributed by atoms with Crippen LogP contribution in [0.3, 0.4) is 0 Å². The number of rotatable bonds is 5. The molecule has 1 aromatic heterocycles. The maximum absolute atomic E-state index is 13.1. The first-order valence-corrected chi connectivity index (χ1v) is 7.48. The molecule has 0 aliphatic carbocycles. The molecule has 2 heterocycles. The first-order chi connectivity index (χ1) is 10.6. The highest BCUT2D eigenvalue weighted by molar-refractivity contribution is 5.97. The minimum atomic E-state index is -0.325. The van der Waals surface area contributed by atoms with Crippen molar-refractivity contribution in [3.63, 3.8) is 0 Å². The average Bonchev–Trinajstić information content (AvgIpc) is 3.09. The highest BCUT2D eigenvalue weighted by Gasteiger charge is 2.19. The Labute approximate surface area is 127 Å². The predicted molar refractivity (Wildman–Crippen MR) is 81.0 cm³/mol. The van der Waals surface area contributed by atoms with Gasteiger partial charge in [0.25, 0.3) is 5.91 Å². The highest BCUT2D eigenvalue weighted by atomic mass is 19.1. The van der Waals surface area contributed by atoms with Crippen molar-refractivity contribution in [1.29, 1.82) is 0 Å². The topological polar surface area (TPSA) is 65.2 Å². The van der Waals surface area contributed by atoms with E-state index >= 15 is 0 Å². The smallest absolute Gasteiger partial charge is 0.267 e. The van der Waals surface area contributed by atoms with Crippen molar-refractivity contribution in [2.45, 2.75) is 19.3 Å². The third-order valence-corrected chi connectivity index (χ3v) is 3.89. The molecule has 0 unspecified atom stereocenters. The lowest BCUT2D eigenvalue weighted by Crippen LogP contribution is -2.30. The van der Waals surface area contributed by atoms with E-state index in [2.05, 4.69) is 10.3 Å². The molecule has 1 aliphatic rings. The van der Waals surface area contributed by atoms with Crippen LogP contribution >= 0.6 is 0 Å². The Hall–Kier alpha value is -2.37. The van der Waals surface area contributed by atoms with Crippen molar-refractivity contribution in [2.24, 2.45) is 0 Å². The van der Waals surface area contributed by atoms with E-state index in [4.69, 9.17) is 0 Å². The number of amides is 2. The summed E-state index contributed by atoms with van der Waals surface area (Å²) in [6.07, 6.45) is 2.29. The summed E-state index contributed by atoms with van der Waals surface area (Å²) < 4.78 is 13.1. The summed E-state index contributed by atoms with van der Waals surface area (Å²) in [5.74, 6) is -0.345. The summed E-state index contributed by atoms with van der Waals surface area (Å²) in [5, 5.41) is 3.49. The van der Waals surface area contributed by atoms with Crippen molar-refractivity contribution in [1.82, 2.24) is 15.2 Å². The van der Waals surface area contributed by atoms with Crippen molar-refractivity contribution >= 4 is 22.7 Å². The Morgan fingerprint density at radius 1 is 1.36 bits per heavy atom. The molecule has 0 saturated carbocycles. The van der Waals surface area contributed by atoms with Crippen molar-refractivity contribution in [3.05, 3.63) is 35.8 Å². The third-order valence-electron chi connectivity index (χ3n) is 3.89. The molecule has 0 spiro atoms. The van der Waals surface area contributed by atoms with Crippen LogP contribution in [0.1, 0.15) is 29.8 Å². The van der Waals surface area contributed by atoms with Crippen LogP contribution in [0.15, 0.2) is 24.3 Å². The largest absolute Gasteiger partial charge is 0.351 e. The lowest BCUT2D eigenvalue weighted by Gasteiger charge is -2.15. The van der Waals surface area contributed by atoms with E-state index in [-0.39, 0.29) is 17.6 Å². The number of nitrogens with zero attached hydrogens (tertiary/aromatic N) is 1. The van der Waals surface area contributed by atoms with E-state index in [0.717, 1.165) is 24.9 Å². The van der Waals surface area contributed by atoms with Crippen molar-refractivity contribution in [2.75, 3.05) is 19.6 Å². The molecule has 1 fully saturated rings. The standard InChI is InChI=1S/C16H18FN3O2/c17-12-4-5-13-11(9-12)10-14(19-13)16(22)18-6-2-8-20-7-1-3-15(20)21/h4-5,9-10,19H,1-3,6-8H2,(H,18,22). The van der Waals surface area contributed by atoms with Gasteiger partial charge < -0.3 is 15.2 Å². The van der Waals surface area contributed by atoms with E-state index in [0.29, 0.717) is 30.6 Å². The Balaban J connectivity index is 1.51. The predicted octanol–water partition coefficient (Wildman–Crippen LogP) is 2.05. The number of fused-ring (bicyclic) bond motifs is 1. The van der Waals surface area contributed by atoms with Gasteiger partial charge in [-0.05, 0) is 37.1 Å². The van der Waals surface area contributed by atoms with Crippen LogP contribution in [-0.4, -0.2) is 41.3 Å². The summed E-state index contributed by atoms with van der Waals surface area (Å²) in [6, 6.07) is 5.99. The van der Waals surface area contributed by atoms with Gasteiger partial charge in [0.05, 0.1) is 0 Å². The summed E-state index contributed by atoms with van der Waals surface area (Å²) in [6.45, 7) is 2.00. The molecule has 2 aromatic rings. The number of hydrogen-bond donors (Lipinski definition) is 2. The molecule has 5 nitrogen and oxygen atoms in total. The van der Waals surface area contributed by atoms with Gasteiger partial charge in [0, 0.05) is 37.0 Å². The molecular weight excluding hydrogens is 285 g/mol. The zero-order valence-electron chi connectivity index (χ0n) is 12.2.